The van der Waals surface area contributed by atoms with Crippen LogP contribution in [0.15, 0.2) is 41.1 Å². The third-order valence-electron chi connectivity index (χ3n) is 5.33. The van der Waals surface area contributed by atoms with Gasteiger partial charge in [-0.2, -0.15) is 0 Å². The molecule has 5 heteroatoms. The Morgan fingerprint density at radius 1 is 1.28 bits per heavy atom. The van der Waals surface area contributed by atoms with Gasteiger partial charge in [-0.3, -0.25) is 9.88 Å². The van der Waals surface area contributed by atoms with Crippen LogP contribution < -0.4 is 0 Å². The molecule has 4 heterocycles. The Morgan fingerprint density at radius 3 is 2.88 bits per heavy atom. The molecule has 2 aliphatic rings. The molecule has 134 valence electrons. The minimum atomic E-state index is 0.00911. The van der Waals surface area contributed by atoms with Crippen LogP contribution >= 0.6 is 0 Å². The summed E-state index contributed by atoms with van der Waals surface area (Å²) < 4.78 is 17.9. The van der Waals surface area contributed by atoms with Gasteiger partial charge < -0.3 is 13.9 Å². The van der Waals surface area contributed by atoms with E-state index in [1.807, 2.05) is 31.3 Å². The molecular weight excluding hydrogens is 316 g/mol. The summed E-state index contributed by atoms with van der Waals surface area (Å²) in [6, 6.07) is 8.11. The highest BCUT2D eigenvalue weighted by Crippen LogP contribution is 2.37. The van der Waals surface area contributed by atoms with E-state index < -0.39 is 0 Å². The van der Waals surface area contributed by atoms with Crippen molar-refractivity contribution in [2.45, 2.75) is 51.0 Å². The predicted octanol–water partition coefficient (Wildman–Crippen LogP) is 3.32. The fourth-order valence-electron chi connectivity index (χ4n) is 3.86. The summed E-state index contributed by atoms with van der Waals surface area (Å²) in [5.41, 5.74) is 1.13. The smallest absolute Gasteiger partial charge is 0.118 e. The maximum Gasteiger partial charge on any atom is 0.118 e. The minimum Gasteiger partial charge on any atom is -0.465 e. The van der Waals surface area contributed by atoms with Gasteiger partial charge in [0.15, 0.2) is 0 Å². The quantitative estimate of drug-likeness (QED) is 0.834. The maximum absolute atomic E-state index is 6.19. The van der Waals surface area contributed by atoms with Gasteiger partial charge in [0.05, 0.1) is 31.5 Å². The molecule has 2 aliphatic heterocycles. The van der Waals surface area contributed by atoms with Crippen LogP contribution in [0.3, 0.4) is 0 Å². The number of furan rings is 1. The molecule has 2 saturated heterocycles. The molecule has 4 rings (SSSR count). The van der Waals surface area contributed by atoms with Gasteiger partial charge in [-0.25, -0.2) is 0 Å². The van der Waals surface area contributed by atoms with Gasteiger partial charge in [-0.05, 0) is 43.5 Å². The summed E-state index contributed by atoms with van der Waals surface area (Å²) in [6.45, 7) is 6.31. The second-order valence-electron chi connectivity index (χ2n) is 7.28. The third-order valence-corrected chi connectivity index (χ3v) is 5.33. The van der Waals surface area contributed by atoms with Gasteiger partial charge in [0.25, 0.3) is 0 Å². The fourth-order valence-corrected chi connectivity index (χ4v) is 3.86. The molecule has 25 heavy (non-hydrogen) atoms. The minimum absolute atomic E-state index is 0.00911. The number of piperidine rings is 1. The zero-order valence-electron chi connectivity index (χ0n) is 14.8. The SMILES string of the molecule is Cc1ccc(CN2CCC3(CC2)C[C@@H](OCc2cccnc2)CO3)o1. The summed E-state index contributed by atoms with van der Waals surface area (Å²) in [5, 5.41) is 0. The molecule has 0 amide bonds. The van der Waals surface area contributed by atoms with E-state index in [0.29, 0.717) is 13.2 Å². The zero-order chi connectivity index (χ0) is 17.1. The van der Waals surface area contributed by atoms with Crippen molar-refractivity contribution in [1.29, 1.82) is 0 Å². The van der Waals surface area contributed by atoms with Crippen molar-refractivity contribution in [3.8, 4) is 0 Å². The first-order valence-corrected chi connectivity index (χ1v) is 9.13. The van der Waals surface area contributed by atoms with Crippen LogP contribution in [0.1, 0.15) is 36.3 Å². The first-order valence-electron chi connectivity index (χ1n) is 9.13. The molecule has 0 aromatic carbocycles. The van der Waals surface area contributed by atoms with Crippen LogP contribution in [0.2, 0.25) is 0 Å². The lowest BCUT2D eigenvalue weighted by molar-refractivity contribution is -0.0476. The Kier molecular flexibility index (Phi) is 4.88. The molecule has 2 aromatic heterocycles. The molecule has 0 aliphatic carbocycles. The summed E-state index contributed by atoms with van der Waals surface area (Å²) >= 11 is 0. The van der Waals surface area contributed by atoms with Crippen LogP contribution in [0.5, 0.6) is 0 Å². The molecule has 0 radical (unpaired) electrons. The first-order chi connectivity index (χ1) is 12.2. The molecule has 0 bridgehead atoms. The van der Waals surface area contributed by atoms with Crippen LogP contribution in [0.25, 0.3) is 0 Å². The first kappa shape index (κ1) is 16.8. The monoisotopic (exact) mass is 342 g/mol. The van der Waals surface area contributed by atoms with Crippen LogP contribution in [-0.4, -0.2) is 41.3 Å². The van der Waals surface area contributed by atoms with Gasteiger partial charge in [0, 0.05) is 31.9 Å². The Bertz CT molecular complexity index is 677. The summed E-state index contributed by atoms with van der Waals surface area (Å²) in [6.07, 6.45) is 6.98. The Morgan fingerprint density at radius 2 is 2.16 bits per heavy atom. The Hall–Kier alpha value is -1.69. The second kappa shape index (κ2) is 7.28. The average Bonchev–Trinajstić information content (AvgIpc) is 3.23. The highest BCUT2D eigenvalue weighted by Gasteiger charge is 2.43. The molecule has 5 nitrogen and oxygen atoms in total. The number of nitrogens with zero attached hydrogens (tertiary/aromatic N) is 2. The van der Waals surface area contributed by atoms with Crippen molar-refractivity contribution in [2.75, 3.05) is 19.7 Å². The lowest BCUT2D eigenvalue weighted by Gasteiger charge is -2.38. The van der Waals surface area contributed by atoms with E-state index in [1.54, 1.807) is 6.20 Å². The highest BCUT2D eigenvalue weighted by atomic mass is 16.6. The van der Waals surface area contributed by atoms with E-state index in [-0.39, 0.29) is 11.7 Å². The standard InChI is InChI=1S/C20H26N2O3/c1-16-4-5-18(25-16)13-22-9-6-20(7-10-22)11-19(15-24-20)23-14-17-3-2-8-21-12-17/h2-5,8,12,19H,6-7,9-11,13-15H2,1H3/t19-/m1/s1. The molecule has 2 fully saturated rings. The summed E-state index contributed by atoms with van der Waals surface area (Å²) in [5.74, 6) is 2.04. The van der Waals surface area contributed by atoms with E-state index in [9.17, 15) is 0 Å². The van der Waals surface area contributed by atoms with Crippen molar-refractivity contribution in [2.24, 2.45) is 0 Å². The highest BCUT2D eigenvalue weighted by molar-refractivity contribution is 5.07. The summed E-state index contributed by atoms with van der Waals surface area (Å²) in [4.78, 5) is 6.59. The van der Waals surface area contributed by atoms with Crippen molar-refractivity contribution >= 4 is 0 Å². The Balaban J connectivity index is 1.24. The number of pyridine rings is 1. The molecular formula is C20H26N2O3. The molecule has 1 atom stereocenters. The van der Waals surface area contributed by atoms with Crippen molar-refractivity contribution in [3.05, 3.63) is 53.7 Å². The van der Waals surface area contributed by atoms with Crippen LogP contribution in [0, 0.1) is 6.92 Å². The van der Waals surface area contributed by atoms with Crippen LogP contribution in [0.4, 0.5) is 0 Å². The lowest BCUT2D eigenvalue weighted by Crippen LogP contribution is -2.43. The van der Waals surface area contributed by atoms with Gasteiger partial charge in [-0.1, -0.05) is 6.07 Å². The van der Waals surface area contributed by atoms with Gasteiger partial charge in [-0.15, -0.1) is 0 Å². The van der Waals surface area contributed by atoms with E-state index in [2.05, 4.69) is 16.0 Å². The molecule has 0 N–H and O–H groups in total. The number of hydrogen-bond acceptors (Lipinski definition) is 5. The lowest BCUT2D eigenvalue weighted by atomic mass is 9.88. The number of likely N-dealkylation sites (tertiary alicyclic amines) is 1. The molecule has 0 unspecified atom stereocenters. The summed E-state index contributed by atoms with van der Waals surface area (Å²) in [7, 11) is 0. The van der Waals surface area contributed by atoms with Crippen molar-refractivity contribution in [1.82, 2.24) is 9.88 Å². The van der Waals surface area contributed by atoms with Crippen molar-refractivity contribution < 1.29 is 13.9 Å². The van der Waals surface area contributed by atoms with E-state index in [1.165, 1.54) is 0 Å². The molecule has 2 aromatic rings. The fraction of sp³-hybridized carbons (Fsp3) is 0.550. The number of aromatic nitrogens is 1. The molecule has 1 spiro atoms. The van der Waals surface area contributed by atoms with Gasteiger partial charge >= 0.3 is 0 Å². The number of aryl methyl sites for hydroxylation is 1. The number of rotatable bonds is 5. The third kappa shape index (κ3) is 4.11. The van der Waals surface area contributed by atoms with Crippen LogP contribution in [-0.2, 0) is 22.6 Å². The largest absolute Gasteiger partial charge is 0.465 e. The van der Waals surface area contributed by atoms with E-state index in [0.717, 1.165) is 56.0 Å². The van der Waals surface area contributed by atoms with Gasteiger partial charge in [0.1, 0.15) is 11.5 Å². The zero-order valence-corrected chi connectivity index (χ0v) is 14.8. The normalized spacial score (nSPS) is 23.3. The van der Waals surface area contributed by atoms with E-state index >= 15 is 0 Å². The Labute approximate surface area is 148 Å². The maximum atomic E-state index is 6.19. The second-order valence-corrected chi connectivity index (χ2v) is 7.28. The van der Waals surface area contributed by atoms with E-state index in [4.69, 9.17) is 13.9 Å². The molecule has 0 saturated carbocycles. The van der Waals surface area contributed by atoms with Gasteiger partial charge in [0.2, 0.25) is 0 Å². The predicted molar refractivity (Wildman–Crippen MR) is 94.1 cm³/mol. The average molecular weight is 342 g/mol. The number of ether oxygens (including phenoxy) is 2. The number of hydrogen-bond donors (Lipinski definition) is 0. The topological polar surface area (TPSA) is 47.7 Å². The van der Waals surface area contributed by atoms with Crippen molar-refractivity contribution in [3.63, 3.8) is 0 Å².